The molecule has 1 amide bonds. The van der Waals surface area contributed by atoms with Crippen LogP contribution in [0.1, 0.15) is 16.7 Å². The first-order valence-electron chi connectivity index (χ1n) is 7.16. The molecule has 1 atom stereocenters. The molecule has 1 unspecified atom stereocenters. The number of piperazine rings is 1. The van der Waals surface area contributed by atoms with Gasteiger partial charge in [-0.05, 0) is 26.8 Å². The number of amides is 1. The molecule has 0 aliphatic carbocycles. The number of rotatable bonds is 4. The molecule has 1 aromatic rings. The molecule has 0 spiro atoms. The number of methoxy groups -OCH3 is 1. The molecule has 0 saturated carbocycles. The Morgan fingerprint density at radius 1 is 1.27 bits per heavy atom. The van der Waals surface area contributed by atoms with E-state index >= 15 is 0 Å². The summed E-state index contributed by atoms with van der Waals surface area (Å²) in [5, 5.41) is 0. The van der Waals surface area contributed by atoms with E-state index in [9.17, 15) is 13.2 Å². The highest BCUT2D eigenvalue weighted by Crippen LogP contribution is 2.28. The molecular formula is C14H22N2O4S2. The van der Waals surface area contributed by atoms with Crippen LogP contribution in [0, 0.1) is 13.8 Å². The molecule has 0 N–H and O–H groups in total. The van der Waals surface area contributed by atoms with Crippen LogP contribution in [-0.4, -0.2) is 62.9 Å². The van der Waals surface area contributed by atoms with E-state index in [1.807, 2.05) is 13.8 Å². The van der Waals surface area contributed by atoms with Gasteiger partial charge in [-0.1, -0.05) is 0 Å². The average Bonchev–Trinajstić information content (AvgIpc) is 2.85. The molecule has 1 saturated heterocycles. The lowest BCUT2D eigenvalue weighted by Gasteiger charge is -2.35. The van der Waals surface area contributed by atoms with Crippen LogP contribution in [0.4, 0.5) is 0 Å². The van der Waals surface area contributed by atoms with Gasteiger partial charge in [-0.15, -0.1) is 11.3 Å². The molecule has 8 heteroatoms. The Morgan fingerprint density at radius 2 is 1.86 bits per heavy atom. The van der Waals surface area contributed by atoms with Gasteiger partial charge in [-0.25, -0.2) is 8.42 Å². The average molecular weight is 346 g/mol. The van der Waals surface area contributed by atoms with Crippen molar-refractivity contribution in [3.05, 3.63) is 15.8 Å². The number of carbonyl (C=O) groups excluding carboxylic acids is 1. The molecular weight excluding hydrogens is 324 g/mol. The first-order valence-corrected chi connectivity index (χ1v) is 9.41. The van der Waals surface area contributed by atoms with E-state index in [0.29, 0.717) is 31.1 Å². The van der Waals surface area contributed by atoms with Gasteiger partial charge in [-0.2, -0.15) is 4.31 Å². The zero-order valence-corrected chi connectivity index (χ0v) is 15.0. The second kappa shape index (κ2) is 6.66. The third-order valence-corrected chi connectivity index (χ3v) is 6.98. The van der Waals surface area contributed by atoms with Gasteiger partial charge in [0.25, 0.3) is 5.91 Å². The summed E-state index contributed by atoms with van der Waals surface area (Å²) < 4.78 is 31.9. The maximum absolute atomic E-state index is 12.7. The summed E-state index contributed by atoms with van der Waals surface area (Å²) in [6.45, 7) is 6.85. The standard InChI is InChI=1S/C14H22N2O4S2/c1-10-9-13(12(3)21-10)22(18,19)16-7-5-15(6-8-16)14(17)11(2)20-4/h9,11H,5-8H2,1-4H3. The molecule has 1 aromatic heterocycles. The van der Waals surface area contributed by atoms with Crippen molar-refractivity contribution in [2.24, 2.45) is 0 Å². The van der Waals surface area contributed by atoms with Crippen molar-refractivity contribution >= 4 is 27.3 Å². The van der Waals surface area contributed by atoms with E-state index in [4.69, 9.17) is 4.74 Å². The Morgan fingerprint density at radius 3 is 2.32 bits per heavy atom. The minimum absolute atomic E-state index is 0.0953. The molecule has 6 nitrogen and oxygen atoms in total. The molecule has 0 radical (unpaired) electrons. The van der Waals surface area contributed by atoms with Crippen LogP contribution < -0.4 is 0 Å². The molecule has 2 heterocycles. The van der Waals surface area contributed by atoms with Crippen LogP contribution in [0.3, 0.4) is 0 Å². The van der Waals surface area contributed by atoms with Gasteiger partial charge in [0, 0.05) is 43.0 Å². The van der Waals surface area contributed by atoms with Crippen LogP contribution in [0.25, 0.3) is 0 Å². The highest BCUT2D eigenvalue weighted by molar-refractivity contribution is 7.89. The van der Waals surface area contributed by atoms with E-state index in [2.05, 4.69) is 0 Å². The molecule has 1 aliphatic rings. The smallest absolute Gasteiger partial charge is 0.251 e. The Labute approximate surface area is 135 Å². The van der Waals surface area contributed by atoms with Crippen LogP contribution in [0.15, 0.2) is 11.0 Å². The molecule has 0 aromatic carbocycles. The number of sulfonamides is 1. The van der Waals surface area contributed by atoms with Gasteiger partial charge >= 0.3 is 0 Å². The van der Waals surface area contributed by atoms with E-state index in [-0.39, 0.29) is 5.91 Å². The summed E-state index contributed by atoms with van der Waals surface area (Å²) >= 11 is 1.49. The summed E-state index contributed by atoms with van der Waals surface area (Å²) in [7, 11) is -1.98. The van der Waals surface area contributed by atoms with E-state index < -0.39 is 16.1 Å². The lowest BCUT2D eigenvalue weighted by atomic mass is 10.3. The predicted molar refractivity (Wildman–Crippen MR) is 85.6 cm³/mol. The lowest BCUT2D eigenvalue weighted by Crippen LogP contribution is -2.52. The Balaban J connectivity index is 2.08. The summed E-state index contributed by atoms with van der Waals surface area (Å²) in [5.74, 6) is -0.0953. The molecule has 124 valence electrons. The highest BCUT2D eigenvalue weighted by Gasteiger charge is 2.32. The summed E-state index contributed by atoms with van der Waals surface area (Å²) in [6.07, 6.45) is -0.495. The molecule has 2 rings (SSSR count). The summed E-state index contributed by atoms with van der Waals surface area (Å²) in [6, 6.07) is 1.72. The fourth-order valence-electron chi connectivity index (χ4n) is 2.51. The number of hydrogen-bond donors (Lipinski definition) is 0. The van der Waals surface area contributed by atoms with Gasteiger partial charge in [0.15, 0.2) is 0 Å². The van der Waals surface area contributed by atoms with Gasteiger partial charge in [0.2, 0.25) is 10.0 Å². The first kappa shape index (κ1) is 17.4. The van der Waals surface area contributed by atoms with Crippen LogP contribution >= 0.6 is 11.3 Å². The van der Waals surface area contributed by atoms with Crippen LogP contribution in [-0.2, 0) is 19.6 Å². The molecule has 1 aliphatic heterocycles. The fraction of sp³-hybridized carbons (Fsp3) is 0.643. The molecule has 1 fully saturated rings. The summed E-state index contributed by atoms with van der Waals surface area (Å²) in [4.78, 5) is 15.9. The third kappa shape index (κ3) is 3.34. The number of hydrogen-bond acceptors (Lipinski definition) is 5. The number of nitrogens with zero attached hydrogens (tertiary/aromatic N) is 2. The second-order valence-electron chi connectivity index (χ2n) is 5.38. The minimum atomic E-state index is -3.47. The van der Waals surface area contributed by atoms with E-state index in [1.165, 1.54) is 22.8 Å². The van der Waals surface area contributed by atoms with Gasteiger partial charge < -0.3 is 9.64 Å². The van der Waals surface area contributed by atoms with Gasteiger partial charge in [-0.3, -0.25) is 4.79 Å². The minimum Gasteiger partial charge on any atom is -0.372 e. The van der Waals surface area contributed by atoms with Crippen molar-refractivity contribution in [3.8, 4) is 0 Å². The maximum Gasteiger partial charge on any atom is 0.251 e. The predicted octanol–water partition coefficient (Wildman–Crippen LogP) is 1.23. The monoisotopic (exact) mass is 346 g/mol. The normalized spacial score (nSPS) is 18.5. The van der Waals surface area contributed by atoms with Crippen LogP contribution in [0.2, 0.25) is 0 Å². The van der Waals surface area contributed by atoms with E-state index in [0.717, 1.165) is 9.75 Å². The lowest BCUT2D eigenvalue weighted by molar-refractivity contribution is -0.142. The SMILES string of the molecule is COC(C)C(=O)N1CCN(S(=O)(=O)c2cc(C)sc2C)CC1. The zero-order chi connectivity index (χ0) is 16.5. The largest absolute Gasteiger partial charge is 0.372 e. The Bertz CT molecular complexity index is 646. The van der Waals surface area contributed by atoms with Crippen molar-refractivity contribution in [1.82, 2.24) is 9.21 Å². The number of thiophene rings is 1. The fourth-order valence-corrected chi connectivity index (χ4v) is 5.46. The molecule has 0 bridgehead atoms. The molecule has 22 heavy (non-hydrogen) atoms. The first-order chi connectivity index (χ1) is 10.3. The number of aryl methyl sites for hydroxylation is 2. The van der Waals surface area contributed by atoms with Crippen LogP contribution in [0.5, 0.6) is 0 Å². The maximum atomic E-state index is 12.7. The Hall–Kier alpha value is -0.960. The van der Waals surface area contributed by atoms with E-state index in [1.54, 1.807) is 17.9 Å². The quantitative estimate of drug-likeness (QED) is 0.822. The third-order valence-electron chi connectivity index (χ3n) is 3.86. The number of ether oxygens (including phenoxy) is 1. The zero-order valence-electron chi connectivity index (χ0n) is 13.3. The number of carbonyl (C=O) groups is 1. The van der Waals surface area contributed by atoms with Crippen molar-refractivity contribution in [1.29, 1.82) is 0 Å². The topological polar surface area (TPSA) is 66.9 Å². The Kier molecular flexibility index (Phi) is 5.26. The summed E-state index contributed by atoms with van der Waals surface area (Å²) in [5.41, 5.74) is 0. The highest BCUT2D eigenvalue weighted by atomic mass is 32.2. The van der Waals surface area contributed by atoms with Crippen molar-refractivity contribution in [2.45, 2.75) is 31.8 Å². The van der Waals surface area contributed by atoms with Crippen molar-refractivity contribution in [3.63, 3.8) is 0 Å². The van der Waals surface area contributed by atoms with Gasteiger partial charge in [0.1, 0.15) is 6.10 Å². The van der Waals surface area contributed by atoms with Crippen molar-refractivity contribution < 1.29 is 17.9 Å². The second-order valence-corrected chi connectivity index (χ2v) is 8.75. The van der Waals surface area contributed by atoms with Crippen molar-refractivity contribution in [2.75, 3.05) is 33.3 Å². The van der Waals surface area contributed by atoms with Gasteiger partial charge in [0.05, 0.1) is 4.90 Å².